The average Bonchev–Trinajstić information content (AvgIpc) is 3.26. The predicted molar refractivity (Wildman–Crippen MR) is 91.2 cm³/mol. The molecule has 1 amide bonds. The van der Waals surface area contributed by atoms with Gasteiger partial charge in [0.2, 0.25) is 0 Å². The predicted octanol–water partition coefficient (Wildman–Crippen LogP) is 3.50. The van der Waals surface area contributed by atoms with E-state index < -0.39 is 0 Å². The number of furan rings is 1. The fourth-order valence-electron chi connectivity index (χ4n) is 2.74. The molecule has 1 aliphatic rings. The summed E-state index contributed by atoms with van der Waals surface area (Å²) in [6.07, 6.45) is 1.61. The fourth-order valence-corrected chi connectivity index (χ4v) is 3.50. The van der Waals surface area contributed by atoms with Gasteiger partial charge in [-0.05, 0) is 24.3 Å². The van der Waals surface area contributed by atoms with Crippen molar-refractivity contribution >= 4 is 28.6 Å². The molecule has 0 saturated carbocycles. The molecule has 0 bridgehead atoms. The Morgan fingerprint density at radius 3 is 2.78 bits per heavy atom. The number of nitrogens with zero attached hydrogens (tertiary/aromatic N) is 3. The quantitative estimate of drug-likeness (QED) is 0.723. The highest BCUT2D eigenvalue weighted by Gasteiger charge is 2.27. The van der Waals surface area contributed by atoms with Crippen LogP contribution < -0.4 is 9.80 Å². The highest BCUT2D eigenvalue weighted by molar-refractivity contribution is 7.13. The van der Waals surface area contributed by atoms with Crippen LogP contribution in [-0.2, 0) is 0 Å². The van der Waals surface area contributed by atoms with Crippen molar-refractivity contribution in [3.63, 3.8) is 0 Å². The second kappa shape index (κ2) is 5.55. The van der Waals surface area contributed by atoms with Crippen molar-refractivity contribution in [2.75, 3.05) is 29.9 Å². The van der Waals surface area contributed by atoms with E-state index in [9.17, 15) is 4.79 Å². The molecule has 1 aliphatic heterocycles. The maximum Gasteiger partial charge on any atom is 0.277 e. The zero-order valence-electron chi connectivity index (χ0n) is 12.6. The van der Waals surface area contributed by atoms with E-state index in [0.717, 1.165) is 22.9 Å². The molecule has 3 heterocycles. The highest BCUT2D eigenvalue weighted by Crippen LogP contribution is 2.33. The summed E-state index contributed by atoms with van der Waals surface area (Å²) in [4.78, 5) is 21.3. The van der Waals surface area contributed by atoms with E-state index in [1.165, 1.54) is 11.3 Å². The van der Waals surface area contributed by atoms with Crippen LogP contribution in [0.3, 0.4) is 0 Å². The first kappa shape index (κ1) is 14.0. The average molecular weight is 325 g/mol. The first-order chi connectivity index (χ1) is 11.2. The van der Waals surface area contributed by atoms with Crippen molar-refractivity contribution in [1.82, 2.24) is 4.98 Å². The summed E-state index contributed by atoms with van der Waals surface area (Å²) >= 11 is 1.42. The van der Waals surface area contributed by atoms with E-state index in [1.54, 1.807) is 16.5 Å². The molecular weight excluding hydrogens is 310 g/mol. The van der Waals surface area contributed by atoms with Gasteiger partial charge in [0, 0.05) is 25.5 Å². The zero-order chi connectivity index (χ0) is 15.8. The summed E-state index contributed by atoms with van der Waals surface area (Å²) in [5.41, 5.74) is 2.45. The second-order valence-corrected chi connectivity index (χ2v) is 6.24. The summed E-state index contributed by atoms with van der Waals surface area (Å²) < 4.78 is 5.34. The van der Waals surface area contributed by atoms with Crippen molar-refractivity contribution < 1.29 is 9.21 Å². The Kier molecular flexibility index (Phi) is 3.38. The minimum atomic E-state index is -0.0698. The van der Waals surface area contributed by atoms with E-state index in [0.29, 0.717) is 18.0 Å². The van der Waals surface area contributed by atoms with Crippen LogP contribution in [0.25, 0.3) is 10.8 Å². The van der Waals surface area contributed by atoms with Gasteiger partial charge in [0.15, 0.2) is 10.8 Å². The van der Waals surface area contributed by atoms with Crippen molar-refractivity contribution in [2.45, 2.75) is 0 Å². The Labute approximate surface area is 137 Å². The van der Waals surface area contributed by atoms with Gasteiger partial charge < -0.3 is 14.2 Å². The fraction of sp³-hybridized carbons (Fsp3) is 0.176. The summed E-state index contributed by atoms with van der Waals surface area (Å²) in [5.74, 6) is 0.618. The van der Waals surface area contributed by atoms with Crippen molar-refractivity contribution in [3.05, 3.63) is 53.7 Å². The van der Waals surface area contributed by atoms with Crippen LogP contribution in [0.15, 0.2) is 52.5 Å². The molecule has 3 aromatic rings. The van der Waals surface area contributed by atoms with E-state index in [2.05, 4.69) is 9.88 Å². The van der Waals surface area contributed by atoms with Gasteiger partial charge >= 0.3 is 0 Å². The highest BCUT2D eigenvalue weighted by atomic mass is 32.1. The molecule has 4 rings (SSSR count). The number of carbonyl (C=O) groups is 1. The Morgan fingerprint density at radius 2 is 2.00 bits per heavy atom. The Morgan fingerprint density at radius 1 is 1.17 bits per heavy atom. The van der Waals surface area contributed by atoms with Crippen LogP contribution in [0.5, 0.6) is 0 Å². The second-order valence-electron chi connectivity index (χ2n) is 5.38. The van der Waals surface area contributed by atoms with Crippen LogP contribution in [0.1, 0.15) is 10.5 Å². The van der Waals surface area contributed by atoms with Gasteiger partial charge in [0.1, 0.15) is 5.69 Å². The van der Waals surface area contributed by atoms with Crippen LogP contribution >= 0.6 is 11.3 Å². The molecule has 23 heavy (non-hydrogen) atoms. The lowest BCUT2D eigenvalue weighted by Crippen LogP contribution is -2.42. The summed E-state index contributed by atoms with van der Waals surface area (Å²) in [6.45, 7) is 1.46. The lowest BCUT2D eigenvalue weighted by atomic mass is 10.1. The van der Waals surface area contributed by atoms with Crippen LogP contribution in [0, 0.1) is 0 Å². The summed E-state index contributed by atoms with van der Waals surface area (Å²) in [6, 6.07) is 11.6. The van der Waals surface area contributed by atoms with Crippen molar-refractivity contribution in [1.29, 1.82) is 0 Å². The SMILES string of the molecule is CN1CCN(C(=O)c2csc(-c3ccco3)n2)c2ccccc21. The number of fused-ring (bicyclic) bond motifs is 1. The molecule has 1 aromatic carbocycles. The van der Waals surface area contributed by atoms with Crippen molar-refractivity contribution in [3.8, 4) is 10.8 Å². The van der Waals surface area contributed by atoms with E-state index in [-0.39, 0.29) is 5.91 Å². The number of rotatable bonds is 2. The molecule has 0 N–H and O–H groups in total. The number of para-hydroxylation sites is 2. The number of hydrogen-bond donors (Lipinski definition) is 0. The number of thiazole rings is 1. The van der Waals surface area contributed by atoms with Gasteiger partial charge in [-0.2, -0.15) is 0 Å². The maximum atomic E-state index is 12.9. The monoisotopic (exact) mass is 325 g/mol. The number of hydrogen-bond acceptors (Lipinski definition) is 5. The number of anilines is 2. The molecule has 0 saturated heterocycles. The van der Waals surface area contributed by atoms with E-state index in [1.807, 2.05) is 43.4 Å². The van der Waals surface area contributed by atoms with Gasteiger partial charge in [-0.3, -0.25) is 4.79 Å². The lowest BCUT2D eigenvalue weighted by molar-refractivity contribution is 0.0982. The Hall–Kier alpha value is -2.60. The van der Waals surface area contributed by atoms with Crippen molar-refractivity contribution in [2.24, 2.45) is 0 Å². The Bertz CT molecular complexity index is 841. The first-order valence-electron chi connectivity index (χ1n) is 7.35. The molecule has 0 fully saturated rings. The lowest BCUT2D eigenvalue weighted by Gasteiger charge is -2.35. The van der Waals surface area contributed by atoms with E-state index >= 15 is 0 Å². The number of carbonyl (C=O) groups excluding carboxylic acids is 1. The molecule has 116 valence electrons. The molecule has 0 radical (unpaired) electrons. The molecule has 0 atom stereocenters. The largest absolute Gasteiger partial charge is 0.462 e. The van der Waals surface area contributed by atoms with Crippen LogP contribution in [0.4, 0.5) is 11.4 Å². The zero-order valence-corrected chi connectivity index (χ0v) is 13.4. The molecule has 0 aliphatic carbocycles. The van der Waals surface area contributed by atoms with Crippen LogP contribution in [0.2, 0.25) is 0 Å². The third-order valence-electron chi connectivity index (χ3n) is 3.94. The molecule has 5 nitrogen and oxygen atoms in total. The minimum absolute atomic E-state index is 0.0698. The normalized spacial score (nSPS) is 14.0. The third kappa shape index (κ3) is 2.41. The number of amides is 1. The van der Waals surface area contributed by atoms with Gasteiger partial charge in [-0.15, -0.1) is 11.3 Å². The number of aromatic nitrogens is 1. The number of likely N-dealkylation sites (N-methyl/N-ethyl adjacent to an activating group) is 1. The molecule has 2 aromatic heterocycles. The van der Waals surface area contributed by atoms with Gasteiger partial charge in [-0.25, -0.2) is 4.98 Å². The smallest absolute Gasteiger partial charge is 0.277 e. The molecular formula is C17H15N3O2S. The van der Waals surface area contributed by atoms with Gasteiger partial charge in [0.05, 0.1) is 17.6 Å². The van der Waals surface area contributed by atoms with Crippen LogP contribution in [-0.4, -0.2) is 31.0 Å². The third-order valence-corrected chi connectivity index (χ3v) is 4.80. The molecule has 0 unspecified atom stereocenters. The van der Waals surface area contributed by atoms with Gasteiger partial charge in [0.25, 0.3) is 5.91 Å². The summed E-state index contributed by atoms with van der Waals surface area (Å²) in [7, 11) is 2.04. The number of benzene rings is 1. The summed E-state index contributed by atoms with van der Waals surface area (Å²) in [5, 5.41) is 2.52. The topological polar surface area (TPSA) is 49.6 Å². The maximum absolute atomic E-state index is 12.9. The Balaban J connectivity index is 1.67. The standard InChI is InChI=1S/C17H15N3O2S/c1-19-8-9-20(14-6-3-2-5-13(14)19)17(21)12-11-23-16(18-12)15-7-4-10-22-15/h2-7,10-11H,8-9H2,1H3. The molecule has 6 heteroatoms. The molecule has 0 spiro atoms. The van der Waals surface area contributed by atoms with E-state index in [4.69, 9.17) is 4.42 Å². The first-order valence-corrected chi connectivity index (χ1v) is 8.23. The minimum Gasteiger partial charge on any atom is -0.462 e. The van der Waals surface area contributed by atoms with Gasteiger partial charge in [-0.1, -0.05) is 12.1 Å².